The van der Waals surface area contributed by atoms with Gasteiger partial charge in [-0.05, 0) is 12.0 Å². The lowest BCUT2D eigenvalue weighted by Gasteiger charge is -2.15. The van der Waals surface area contributed by atoms with E-state index in [4.69, 9.17) is 10.5 Å². The van der Waals surface area contributed by atoms with Gasteiger partial charge in [-0.3, -0.25) is 0 Å². The summed E-state index contributed by atoms with van der Waals surface area (Å²) in [5, 5.41) is 0. The van der Waals surface area contributed by atoms with Crippen molar-refractivity contribution in [3.63, 3.8) is 0 Å². The van der Waals surface area contributed by atoms with Gasteiger partial charge in [0.1, 0.15) is 0 Å². The molecule has 0 fully saturated rings. The van der Waals surface area contributed by atoms with Crippen LogP contribution in [-0.4, -0.2) is 19.7 Å². The first-order valence-corrected chi connectivity index (χ1v) is 6.33. The number of rotatable bonds is 6. The Kier molecular flexibility index (Phi) is 5.60. The minimum atomic E-state index is -0.607. The molecule has 0 aliphatic rings. The molecule has 0 heterocycles. The van der Waals surface area contributed by atoms with Crippen LogP contribution in [0.1, 0.15) is 37.0 Å². The molecule has 0 aliphatic heterocycles. The molecule has 5 heteroatoms. The average molecular weight is 269 g/mol. The number of methoxy groups -OCH3 is 1. The number of nitrogens with two attached hydrogens (primary N) is 1. The number of esters is 1. The SMILES string of the molecule is CCC(CC)COc1cc(C(=O)OC)c(N)cc1F. The van der Waals surface area contributed by atoms with Gasteiger partial charge in [0.15, 0.2) is 11.6 Å². The fraction of sp³-hybridized carbons (Fsp3) is 0.500. The molecule has 1 aromatic carbocycles. The van der Waals surface area contributed by atoms with E-state index in [0.717, 1.165) is 18.9 Å². The van der Waals surface area contributed by atoms with Crippen molar-refractivity contribution in [2.45, 2.75) is 26.7 Å². The van der Waals surface area contributed by atoms with Crippen molar-refractivity contribution in [2.24, 2.45) is 5.92 Å². The Labute approximate surface area is 112 Å². The second-order valence-electron chi connectivity index (χ2n) is 4.35. The molecule has 4 nitrogen and oxygen atoms in total. The number of ether oxygens (including phenoxy) is 2. The van der Waals surface area contributed by atoms with Gasteiger partial charge in [0, 0.05) is 11.8 Å². The molecule has 0 bridgehead atoms. The molecular weight excluding hydrogens is 249 g/mol. The summed E-state index contributed by atoms with van der Waals surface area (Å²) in [6, 6.07) is 2.37. The first kappa shape index (κ1) is 15.3. The van der Waals surface area contributed by atoms with Gasteiger partial charge in [-0.15, -0.1) is 0 Å². The van der Waals surface area contributed by atoms with Crippen LogP contribution >= 0.6 is 0 Å². The van der Waals surface area contributed by atoms with Gasteiger partial charge in [0.2, 0.25) is 0 Å². The molecule has 0 spiro atoms. The van der Waals surface area contributed by atoms with Gasteiger partial charge in [-0.25, -0.2) is 9.18 Å². The number of hydrogen-bond acceptors (Lipinski definition) is 4. The van der Waals surface area contributed by atoms with E-state index in [0.29, 0.717) is 12.5 Å². The Morgan fingerprint density at radius 1 is 1.37 bits per heavy atom. The van der Waals surface area contributed by atoms with Crippen LogP contribution in [0.3, 0.4) is 0 Å². The smallest absolute Gasteiger partial charge is 0.340 e. The van der Waals surface area contributed by atoms with Gasteiger partial charge in [-0.1, -0.05) is 26.7 Å². The maximum atomic E-state index is 13.7. The Hall–Kier alpha value is -1.78. The number of halogens is 1. The number of hydrogen-bond donors (Lipinski definition) is 1. The van der Waals surface area contributed by atoms with E-state index in [1.165, 1.54) is 13.2 Å². The number of carbonyl (C=O) groups excluding carboxylic acids is 1. The molecule has 0 saturated heterocycles. The van der Waals surface area contributed by atoms with E-state index in [1.54, 1.807) is 0 Å². The van der Waals surface area contributed by atoms with Gasteiger partial charge in [0.25, 0.3) is 0 Å². The third-order valence-electron chi connectivity index (χ3n) is 3.14. The van der Waals surface area contributed by atoms with Gasteiger partial charge in [0.05, 0.1) is 19.3 Å². The molecule has 1 rings (SSSR count). The second kappa shape index (κ2) is 6.97. The lowest BCUT2D eigenvalue weighted by molar-refractivity contribution is 0.0601. The van der Waals surface area contributed by atoms with Crippen LogP contribution in [0, 0.1) is 11.7 Å². The molecule has 0 unspecified atom stereocenters. The number of benzene rings is 1. The van der Waals surface area contributed by atoms with E-state index in [-0.39, 0.29) is 17.0 Å². The summed E-state index contributed by atoms with van der Waals surface area (Å²) in [6.45, 7) is 4.52. The van der Waals surface area contributed by atoms with Crippen LogP contribution in [0.5, 0.6) is 5.75 Å². The molecular formula is C14H20FNO3. The number of carbonyl (C=O) groups is 1. The van der Waals surface area contributed by atoms with Crippen molar-refractivity contribution in [3.8, 4) is 5.75 Å². The van der Waals surface area contributed by atoms with Crippen LogP contribution in [0.15, 0.2) is 12.1 Å². The summed E-state index contributed by atoms with van der Waals surface area (Å²) < 4.78 is 23.7. The predicted octanol–water partition coefficient (Wildman–Crippen LogP) is 3.01. The fourth-order valence-corrected chi connectivity index (χ4v) is 1.70. The third kappa shape index (κ3) is 3.84. The topological polar surface area (TPSA) is 61.5 Å². The Bertz CT molecular complexity index is 445. The maximum absolute atomic E-state index is 13.7. The molecule has 0 amide bonds. The lowest BCUT2D eigenvalue weighted by Crippen LogP contribution is -2.12. The maximum Gasteiger partial charge on any atom is 0.340 e. The van der Waals surface area contributed by atoms with Crippen molar-refractivity contribution < 1.29 is 18.7 Å². The van der Waals surface area contributed by atoms with Crippen molar-refractivity contribution in [1.82, 2.24) is 0 Å². The predicted molar refractivity (Wildman–Crippen MR) is 71.7 cm³/mol. The van der Waals surface area contributed by atoms with Crippen LogP contribution in [0.4, 0.5) is 10.1 Å². The zero-order valence-electron chi connectivity index (χ0n) is 11.5. The highest BCUT2D eigenvalue weighted by Gasteiger charge is 2.16. The highest BCUT2D eigenvalue weighted by molar-refractivity contribution is 5.95. The molecule has 106 valence electrons. The standard InChI is InChI=1S/C14H20FNO3/c1-4-9(5-2)8-19-13-6-10(14(17)18-3)12(16)7-11(13)15/h6-7,9H,4-5,8,16H2,1-3H3. The molecule has 0 aliphatic carbocycles. The molecule has 0 radical (unpaired) electrons. The zero-order valence-corrected chi connectivity index (χ0v) is 11.5. The lowest BCUT2D eigenvalue weighted by atomic mass is 10.1. The minimum Gasteiger partial charge on any atom is -0.490 e. The summed E-state index contributed by atoms with van der Waals surface area (Å²) in [7, 11) is 1.25. The van der Waals surface area contributed by atoms with Crippen molar-refractivity contribution in [1.29, 1.82) is 0 Å². The largest absolute Gasteiger partial charge is 0.490 e. The van der Waals surface area contributed by atoms with Crippen molar-refractivity contribution in [3.05, 3.63) is 23.5 Å². The first-order valence-electron chi connectivity index (χ1n) is 6.33. The molecule has 0 saturated carbocycles. The van der Waals surface area contributed by atoms with E-state index in [1.807, 2.05) is 0 Å². The summed E-state index contributed by atoms with van der Waals surface area (Å²) in [6.07, 6.45) is 1.91. The van der Waals surface area contributed by atoms with Gasteiger partial charge >= 0.3 is 5.97 Å². The highest BCUT2D eigenvalue weighted by atomic mass is 19.1. The van der Waals surface area contributed by atoms with E-state index in [2.05, 4.69) is 18.6 Å². The van der Waals surface area contributed by atoms with Crippen molar-refractivity contribution >= 4 is 11.7 Å². The third-order valence-corrected chi connectivity index (χ3v) is 3.14. The van der Waals surface area contributed by atoms with Crippen LogP contribution in [0.25, 0.3) is 0 Å². The van der Waals surface area contributed by atoms with Gasteiger partial charge in [-0.2, -0.15) is 0 Å². The van der Waals surface area contributed by atoms with Crippen LogP contribution in [0.2, 0.25) is 0 Å². The summed E-state index contributed by atoms with van der Waals surface area (Å²) >= 11 is 0. The summed E-state index contributed by atoms with van der Waals surface area (Å²) in [4.78, 5) is 11.5. The first-order chi connectivity index (χ1) is 9.03. The second-order valence-corrected chi connectivity index (χ2v) is 4.35. The highest BCUT2D eigenvalue weighted by Crippen LogP contribution is 2.25. The van der Waals surface area contributed by atoms with Crippen LogP contribution in [-0.2, 0) is 4.74 Å². The van der Waals surface area contributed by atoms with E-state index >= 15 is 0 Å². The number of anilines is 1. The quantitative estimate of drug-likeness (QED) is 0.637. The normalized spacial score (nSPS) is 10.6. The molecule has 0 aromatic heterocycles. The average Bonchev–Trinajstić information content (AvgIpc) is 2.41. The Morgan fingerprint density at radius 3 is 2.53 bits per heavy atom. The zero-order chi connectivity index (χ0) is 14.4. The van der Waals surface area contributed by atoms with Crippen LogP contribution < -0.4 is 10.5 Å². The fourth-order valence-electron chi connectivity index (χ4n) is 1.70. The van der Waals surface area contributed by atoms with E-state index in [9.17, 15) is 9.18 Å². The monoisotopic (exact) mass is 269 g/mol. The Balaban J connectivity index is 2.91. The minimum absolute atomic E-state index is 0.0292. The number of nitrogen functional groups attached to an aromatic ring is 1. The summed E-state index contributed by atoms with van der Waals surface area (Å²) in [5.41, 5.74) is 5.73. The molecule has 2 N–H and O–H groups in total. The van der Waals surface area contributed by atoms with Crippen molar-refractivity contribution in [2.75, 3.05) is 19.5 Å². The molecule has 1 aromatic rings. The molecule has 19 heavy (non-hydrogen) atoms. The summed E-state index contributed by atoms with van der Waals surface area (Å²) in [5.74, 6) is -0.791. The van der Waals surface area contributed by atoms with Gasteiger partial charge < -0.3 is 15.2 Å². The Morgan fingerprint density at radius 2 is 2.00 bits per heavy atom. The van der Waals surface area contributed by atoms with E-state index < -0.39 is 11.8 Å². The molecule has 0 atom stereocenters.